The minimum absolute atomic E-state index is 0.0515. The predicted octanol–water partition coefficient (Wildman–Crippen LogP) is 1.82. The topological polar surface area (TPSA) is 80.5 Å². The molecule has 1 fully saturated rings. The van der Waals surface area contributed by atoms with Crippen LogP contribution in [0.5, 0.6) is 0 Å². The predicted molar refractivity (Wildman–Crippen MR) is 79.7 cm³/mol. The molecule has 0 spiro atoms. The summed E-state index contributed by atoms with van der Waals surface area (Å²) in [6, 6.07) is 4.25. The summed E-state index contributed by atoms with van der Waals surface area (Å²) in [5.74, 6) is 0.719. The molecule has 1 heterocycles. The third-order valence-corrected chi connectivity index (χ3v) is 5.37. The molecule has 110 valence electrons. The first-order valence-electron chi connectivity index (χ1n) is 6.31. The minimum atomic E-state index is -3.81. The molecule has 0 aliphatic carbocycles. The molecule has 2 unspecified atom stereocenters. The van der Waals surface area contributed by atoms with Gasteiger partial charge in [0.05, 0.1) is 10.5 Å². The van der Waals surface area contributed by atoms with Crippen molar-refractivity contribution < 1.29 is 13.2 Å². The number of rotatable bonds is 2. The van der Waals surface area contributed by atoms with E-state index in [2.05, 4.69) is 29.8 Å². The molecule has 2 atom stereocenters. The van der Waals surface area contributed by atoms with Gasteiger partial charge >= 0.3 is 0 Å². The molecule has 0 radical (unpaired) electrons. The van der Waals surface area contributed by atoms with E-state index < -0.39 is 10.0 Å². The lowest BCUT2D eigenvalue weighted by Crippen LogP contribution is -2.29. The van der Waals surface area contributed by atoms with Gasteiger partial charge < -0.3 is 4.90 Å². The summed E-state index contributed by atoms with van der Waals surface area (Å²) in [6.45, 7) is 5.58. The summed E-state index contributed by atoms with van der Waals surface area (Å²) < 4.78 is 23.3. The smallest absolute Gasteiger partial charge is 0.255 e. The average molecular weight is 361 g/mol. The van der Waals surface area contributed by atoms with Gasteiger partial charge in [-0.05, 0) is 46.0 Å². The fourth-order valence-corrected chi connectivity index (χ4v) is 3.27. The quantitative estimate of drug-likeness (QED) is 0.873. The molecular formula is C13H17BrN2O3S. The zero-order chi connectivity index (χ0) is 15.1. The van der Waals surface area contributed by atoms with E-state index in [9.17, 15) is 13.2 Å². The third-order valence-electron chi connectivity index (χ3n) is 3.77. The van der Waals surface area contributed by atoms with Crippen LogP contribution in [0.1, 0.15) is 24.2 Å². The molecule has 2 N–H and O–H groups in total. The number of carbonyl (C=O) groups excluding carboxylic acids is 1. The van der Waals surface area contributed by atoms with Gasteiger partial charge in [-0.2, -0.15) is 0 Å². The van der Waals surface area contributed by atoms with E-state index in [1.807, 2.05) is 0 Å². The van der Waals surface area contributed by atoms with Crippen LogP contribution in [-0.2, 0) is 10.0 Å². The van der Waals surface area contributed by atoms with Crippen LogP contribution in [0.3, 0.4) is 0 Å². The maximum absolute atomic E-state index is 12.5. The zero-order valence-electron chi connectivity index (χ0n) is 11.3. The summed E-state index contributed by atoms with van der Waals surface area (Å²) in [7, 11) is -3.81. The number of hydrogen-bond acceptors (Lipinski definition) is 3. The normalized spacial score (nSPS) is 23.1. The molecule has 20 heavy (non-hydrogen) atoms. The maximum Gasteiger partial charge on any atom is 0.255 e. The third kappa shape index (κ3) is 3.05. The summed E-state index contributed by atoms with van der Waals surface area (Å²) in [6.07, 6.45) is 0. The summed E-state index contributed by atoms with van der Waals surface area (Å²) >= 11 is 3.29. The Hall–Kier alpha value is -0.920. The molecule has 0 bridgehead atoms. The lowest BCUT2D eigenvalue weighted by atomic mass is 10.0. The largest absolute Gasteiger partial charge is 0.338 e. The molecule has 1 aromatic rings. The van der Waals surface area contributed by atoms with Crippen molar-refractivity contribution in [1.29, 1.82) is 0 Å². The van der Waals surface area contributed by atoms with Crippen molar-refractivity contribution in [1.82, 2.24) is 4.90 Å². The van der Waals surface area contributed by atoms with E-state index in [1.54, 1.807) is 4.90 Å². The first kappa shape index (κ1) is 15.5. The lowest BCUT2D eigenvalue weighted by molar-refractivity contribution is 0.0784. The van der Waals surface area contributed by atoms with Crippen molar-refractivity contribution in [3.8, 4) is 0 Å². The molecule has 1 aromatic carbocycles. The Bertz CT molecular complexity index is 635. The first-order chi connectivity index (χ1) is 9.20. The molecule has 5 nitrogen and oxygen atoms in total. The molecule has 1 amide bonds. The van der Waals surface area contributed by atoms with Gasteiger partial charge in [0.15, 0.2) is 0 Å². The number of primary sulfonamides is 1. The Balaban J connectivity index is 2.35. The fraction of sp³-hybridized carbons (Fsp3) is 0.462. The summed E-state index contributed by atoms with van der Waals surface area (Å²) in [5, 5.41) is 5.11. The molecule has 0 aromatic heterocycles. The molecule has 1 aliphatic heterocycles. The van der Waals surface area contributed by atoms with Gasteiger partial charge in [0.2, 0.25) is 10.0 Å². The van der Waals surface area contributed by atoms with E-state index in [0.29, 0.717) is 35.0 Å². The number of likely N-dealkylation sites (tertiary alicyclic amines) is 1. The molecule has 0 saturated carbocycles. The van der Waals surface area contributed by atoms with Crippen molar-refractivity contribution in [2.24, 2.45) is 17.0 Å². The first-order valence-corrected chi connectivity index (χ1v) is 8.65. The Kier molecular flexibility index (Phi) is 4.22. The van der Waals surface area contributed by atoms with E-state index in [0.717, 1.165) is 0 Å². The maximum atomic E-state index is 12.5. The molecular weight excluding hydrogens is 344 g/mol. The van der Waals surface area contributed by atoms with E-state index in [-0.39, 0.29) is 10.8 Å². The average Bonchev–Trinajstić information content (AvgIpc) is 2.68. The lowest BCUT2D eigenvalue weighted by Gasteiger charge is -2.17. The number of halogens is 1. The van der Waals surface area contributed by atoms with Gasteiger partial charge in [0.1, 0.15) is 0 Å². The second-order valence-corrected chi connectivity index (χ2v) is 7.77. The van der Waals surface area contributed by atoms with Gasteiger partial charge in [0.25, 0.3) is 5.91 Å². The van der Waals surface area contributed by atoms with E-state index >= 15 is 0 Å². The second kappa shape index (κ2) is 5.46. The highest BCUT2D eigenvalue weighted by molar-refractivity contribution is 9.10. The highest BCUT2D eigenvalue weighted by atomic mass is 79.9. The van der Waals surface area contributed by atoms with Crippen LogP contribution in [-0.4, -0.2) is 32.3 Å². The Morgan fingerprint density at radius 3 is 2.35 bits per heavy atom. The minimum Gasteiger partial charge on any atom is -0.338 e. The Morgan fingerprint density at radius 1 is 1.30 bits per heavy atom. The highest BCUT2D eigenvalue weighted by Crippen LogP contribution is 2.27. The van der Waals surface area contributed by atoms with Crippen LogP contribution in [0.15, 0.2) is 27.6 Å². The number of hydrogen-bond donors (Lipinski definition) is 1. The summed E-state index contributed by atoms with van der Waals surface area (Å²) in [5.41, 5.74) is 0.331. The molecule has 1 aliphatic rings. The Morgan fingerprint density at radius 2 is 1.85 bits per heavy atom. The van der Waals surface area contributed by atoms with Gasteiger partial charge in [-0.3, -0.25) is 4.79 Å². The fourth-order valence-electron chi connectivity index (χ4n) is 2.31. The standard InChI is InChI=1S/C13H17BrN2O3S/c1-8-6-16(7-9(8)2)13(17)11-5-10(20(15,18)19)3-4-12(11)14/h3-5,8-9H,6-7H2,1-2H3,(H2,15,18,19). The molecule has 7 heteroatoms. The number of benzene rings is 1. The molecule has 1 saturated heterocycles. The number of carbonyl (C=O) groups is 1. The van der Waals surface area contributed by atoms with Crippen molar-refractivity contribution in [2.75, 3.05) is 13.1 Å². The van der Waals surface area contributed by atoms with Crippen LogP contribution in [0.25, 0.3) is 0 Å². The number of nitrogens with zero attached hydrogens (tertiary/aromatic N) is 1. The monoisotopic (exact) mass is 360 g/mol. The van der Waals surface area contributed by atoms with Crippen molar-refractivity contribution in [3.05, 3.63) is 28.2 Å². The second-order valence-electron chi connectivity index (χ2n) is 5.35. The number of amides is 1. The number of nitrogens with two attached hydrogens (primary N) is 1. The van der Waals surface area contributed by atoms with Crippen LogP contribution < -0.4 is 5.14 Å². The van der Waals surface area contributed by atoms with E-state index in [4.69, 9.17) is 5.14 Å². The van der Waals surface area contributed by atoms with Crippen molar-refractivity contribution >= 4 is 31.9 Å². The van der Waals surface area contributed by atoms with E-state index in [1.165, 1.54) is 18.2 Å². The van der Waals surface area contributed by atoms with Crippen LogP contribution in [0.2, 0.25) is 0 Å². The zero-order valence-corrected chi connectivity index (χ0v) is 13.7. The highest BCUT2D eigenvalue weighted by Gasteiger charge is 2.31. The van der Waals surface area contributed by atoms with Crippen LogP contribution in [0, 0.1) is 11.8 Å². The van der Waals surface area contributed by atoms with Gasteiger partial charge in [0, 0.05) is 17.6 Å². The van der Waals surface area contributed by atoms with Crippen molar-refractivity contribution in [2.45, 2.75) is 18.7 Å². The van der Waals surface area contributed by atoms with Gasteiger partial charge in [-0.15, -0.1) is 0 Å². The van der Waals surface area contributed by atoms with Gasteiger partial charge in [-0.25, -0.2) is 13.6 Å². The SMILES string of the molecule is CC1CN(C(=O)c2cc(S(N)(=O)=O)ccc2Br)CC1C. The van der Waals surface area contributed by atoms with Crippen LogP contribution >= 0.6 is 15.9 Å². The van der Waals surface area contributed by atoms with Crippen LogP contribution in [0.4, 0.5) is 0 Å². The van der Waals surface area contributed by atoms with Gasteiger partial charge in [-0.1, -0.05) is 13.8 Å². The Labute approximate surface area is 127 Å². The summed E-state index contributed by atoms with van der Waals surface area (Å²) in [4.78, 5) is 14.2. The number of sulfonamides is 1. The van der Waals surface area contributed by atoms with Crippen molar-refractivity contribution in [3.63, 3.8) is 0 Å². The molecule has 2 rings (SSSR count).